The number of pyridine rings is 2. The van der Waals surface area contributed by atoms with E-state index >= 15 is 0 Å². The molecule has 0 amide bonds. The summed E-state index contributed by atoms with van der Waals surface area (Å²) < 4.78 is 6.50. The first kappa shape index (κ1) is 20.6. The third-order valence-electron chi connectivity index (χ3n) is 5.50. The van der Waals surface area contributed by atoms with Crippen LogP contribution in [0.3, 0.4) is 0 Å². The van der Waals surface area contributed by atoms with Crippen LogP contribution in [0.15, 0.2) is 17.1 Å². The van der Waals surface area contributed by atoms with Gasteiger partial charge >= 0.3 is 6.16 Å². The maximum Gasteiger partial charge on any atom is 0.511 e. The molecule has 2 aromatic heterocycles. The van der Waals surface area contributed by atoms with E-state index in [9.17, 15) is 14.4 Å². The molecule has 1 aliphatic carbocycles. The summed E-state index contributed by atoms with van der Waals surface area (Å²) in [6, 6.07) is 1.71. The maximum atomic E-state index is 12.7. The van der Waals surface area contributed by atoms with Gasteiger partial charge in [-0.15, -0.1) is 0 Å². The van der Waals surface area contributed by atoms with Crippen LogP contribution in [0.2, 0.25) is 5.02 Å². The summed E-state index contributed by atoms with van der Waals surface area (Å²) in [6.45, 7) is 5.36. The Morgan fingerprint density at radius 3 is 2.57 bits per heavy atom. The summed E-state index contributed by atoms with van der Waals surface area (Å²) in [5, 5.41) is 9.51. The van der Waals surface area contributed by atoms with Gasteiger partial charge in [0.25, 0.3) is 0 Å². The van der Waals surface area contributed by atoms with Gasteiger partial charge in [0.05, 0.1) is 16.6 Å². The Bertz CT molecular complexity index is 1060. The number of piperazine rings is 1. The van der Waals surface area contributed by atoms with Crippen molar-refractivity contribution >= 4 is 40.4 Å². The molecule has 0 radical (unpaired) electrons. The Balaban J connectivity index is 1.65. The quantitative estimate of drug-likeness (QED) is 0.691. The largest absolute Gasteiger partial charge is 0.511 e. The Labute approximate surface area is 177 Å². The van der Waals surface area contributed by atoms with Crippen LogP contribution >= 0.6 is 11.6 Å². The van der Waals surface area contributed by atoms with Crippen molar-refractivity contribution in [2.45, 2.75) is 32.2 Å². The lowest BCUT2D eigenvalue weighted by atomic mass is 10.2. The predicted octanol–water partition coefficient (Wildman–Crippen LogP) is 2.54. The standard InChI is InChI=1S/C20H23ClN4O5/c1-12(26)4-5-23-6-8-24(9-7-23)19-15(21)10-14-17(27)16(30-20(28)29)11-25(13-2-3-13)18(14)22-19/h10-11,13H,2-9H2,1H3,(H,28,29). The number of carboxylic acid groups (broad SMARTS) is 1. The van der Waals surface area contributed by atoms with Crippen LogP contribution in [0.1, 0.15) is 32.2 Å². The minimum Gasteiger partial charge on any atom is -0.449 e. The number of carbonyl (C=O) groups excluding carboxylic acids is 1. The second-order valence-corrected chi connectivity index (χ2v) is 8.18. The highest BCUT2D eigenvalue weighted by Crippen LogP contribution is 2.38. The van der Waals surface area contributed by atoms with Crippen molar-refractivity contribution in [2.75, 3.05) is 37.6 Å². The minimum atomic E-state index is -1.54. The number of Topliss-reactive ketones (excluding diaryl/α,β-unsaturated/α-hetero) is 1. The topological polar surface area (TPSA) is 105 Å². The summed E-state index contributed by atoms with van der Waals surface area (Å²) >= 11 is 6.49. The van der Waals surface area contributed by atoms with E-state index in [0.717, 1.165) is 32.5 Å². The zero-order valence-corrected chi connectivity index (χ0v) is 17.4. The van der Waals surface area contributed by atoms with Crippen molar-refractivity contribution in [1.29, 1.82) is 0 Å². The van der Waals surface area contributed by atoms with E-state index in [1.54, 1.807) is 13.0 Å². The molecule has 1 saturated carbocycles. The van der Waals surface area contributed by atoms with Crippen LogP contribution < -0.4 is 15.1 Å². The van der Waals surface area contributed by atoms with Crippen molar-refractivity contribution in [3.63, 3.8) is 0 Å². The van der Waals surface area contributed by atoms with Gasteiger partial charge in [0.1, 0.15) is 17.2 Å². The lowest BCUT2D eigenvalue weighted by Crippen LogP contribution is -2.47. The third kappa shape index (κ3) is 4.27. The van der Waals surface area contributed by atoms with Crippen molar-refractivity contribution in [3.05, 3.63) is 27.5 Å². The summed E-state index contributed by atoms with van der Waals surface area (Å²) in [5.41, 5.74) is -0.0575. The van der Waals surface area contributed by atoms with E-state index in [1.165, 1.54) is 6.20 Å². The van der Waals surface area contributed by atoms with Gasteiger partial charge < -0.3 is 19.3 Å². The second kappa shape index (κ2) is 8.23. The number of ketones is 1. The number of hydrogen-bond donors (Lipinski definition) is 1. The normalized spacial score (nSPS) is 17.3. The maximum absolute atomic E-state index is 12.7. The minimum absolute atomic E-state index is 0.161. The number of rotatable bonds is 6. The van der Waals surface area contributed by atoms with E-state index < -0.39 is 11.6 Å². The molecule has 0 spiro atoms. The molecule has 2 aromatic rings. The SMILES string of the molecule is CC(=O)CCN1CCN(c2nc3c(cc2Cl)c(=O)c(OC(=O)O)cn3C2CC2)CC1. The molecule has 0 atom stereocenters. The Morgan fingerprint density at radius 2 is 1.97 bits per heavy atom. The second-order valence-electron chi connectivity index (χ2n) is 7.77. The molecule has 9 nitrogen and oxygen atoms in total. The van der Waals surface area contributed by atoms with Crippen LogP contribution in [-0.2, 0) is 4.79 Å². The molecule has 2 fully saturated rings. The van der Waals surface area contributed by atoms with Crippen molar-refractivity contribution in [2.24, 2.45) is 0 Å². The molecule has 10 heteroatoms. The van der Waals surface area contributed by atoms with Crippen LogP contribution in [-0.4, -0.2) is 64.2 Å². The highest BCUT2D eigenvalue weighted by molar-refractivity contribution is 6.33. The zero-order valence-electron chi connectivity index (χ0n) is 16.6. The molecule has 1 N–H and O–H groups in total. The third-order valence-corrected chi connectivity index (χ3v) is 5.77. The molecule has 3 heterocycles. The van der Waals surface area contributed by atoms with Gasteiger partial charge in [-0.2, -0.15) is 0 Å². The average Bonchev–Trinajstić information content (AvgIpc) is 3.54. The molecule has 0 bridgehead atoms. The fourth-order valence-corrected chi connectivity index (χ4v) is 4.00. The number of hydrogen-bond acceptors (Lipinski definition) is 7. The monoisotopic (exact) mass is 434 g/mol. The fourth-order valence-electron chi connectivity index (χ4n) is 3.73. The number of ether oxygens (including phenoxy) is 1. The van der Waals surface area contributed by atoms with Crippen LogP contribution in [0.5, 0.6) is 5.75 Å². The molecule has 1 saturated heterocycles. The van der Waals surface area contributed by atoms with Crippen LogP contribution in [0.25, 0.3) is 11.0 Å². The molecule has 4 rings (SSSR count). The highest BCUT2D eigenvalue weighted by Gasteiger charge is 2.29. The van der Waals surface area contributed by atoms with Gasteiger partial charge in [0.2, 0.25) is 5.43 Å². The Hall–Kier alpha value is -2.65. The summed E-state index contributed by atoms with van der Waals surface area (Å²) in [5.74, 6) is 0.545. The van der Waals surface area contributed by atoms with Gasteiger partial charge in [-0.3, -0.25) is 14.5 Å². The number of aromatic nitrogens is 2. The van der Waals surface area contributed by atoms with Gasteiger partial charge in [-0.1, -0.05) is 11.6 Å². The molecule has 0 aromatic carbocycles. The molecular weight excluding hydrogens is 412 g/mol. The first-order chi connectivity index (χ1) is 14.3. The number of anilines is 1. The van der Waals surface area contributed by atoms with E-state index in [0.29, 0.717) is 36.0 Å². The molecule has 160 valence electrons. The van der Waals surface area contributed by atoms with Gasteiger partial charge in [-0.05, 0) is 25.8 Å². The van der Waals surface area contributed by atoms with Gasteiger partial charge in [0.15, 0.2) is 5.75 Å². The van der Waals surface area contributed by atoms with Crippen molar-refractivity contribution < 1.29 is 19.4 Å². The number of carbonyl (C=O) groups is 2. The predicted molar refractivity (Wildman–Crippen MR) is 112 cm³/mol. The molecule has 2 aliphatic rings. The fraction of sp³-hybridized carbons (Fsp3) is 0.500. The van der Waals surface area contributed by atoms with E-state index in [-0.39, 0.29) is 23.0 Å². The lowest BCUT2D eigenvalue weighted by Gasteiger charge is -2.35. The zero-order chi connectivity index (χ0) is 21.4. The molecule has 30 heavy (non-hydrogen) atoms. The smallest absolute Gasteiger partial charge is 0.449 e. The van der Waals surface area contributed by atoms with Gasteiger partial charge in [-0.25, -0.2) is 9.78 Å². The Morgan fingerprint density at radius 1 is 1.27 bits per heavy atom. The first-order valence-electron chi connectivity index (χ1n) is 9.96. The van der Waals surface area contributed by atoms with Gasteiger partial charge in [0, 0.05) is 45.2 Å². The summed E-state index contributed by atoms with van der Waals surface area (Å²) in [4.78, 5) is 43.9. The number of halogens is 1. The van der Waals surface area contributed by atoms with E-state index in [2.05, 4.69) is 14.5 Å². The summed E-state index contributed by atoms with van der Waals surface area (Å²) in [7, 11) is 0. The highest BCUT2D eigenvalue weighted by atomic mass is 35.5. The first-order valence-corrected chi connectivity index (χ1v) is 10.3. The lowest BCUT2D eigenvalue weighted by molar-refractivity contribution is -0.117. The van der Waals surface area contributed by atoms with Crippen molar-refractivity contribution in [1.82, 2.24) is 14.5 Å². The molecule has 0 unspecified atom stereocenters. The van der Waals surface area contributed by atoms with Crippen LogP contribution in [0, 0.1) is 0 Å². The van der Waals surface area contributed by atoms with E-state index in [1.807, 2.05) is 4.57 Å². The molecule has 1 aliphatic heterocycles. The number of nitrogens with zero attached hydrogens (tertiary/aromatic N) is 4. The number of fused-ring (bicyclic) bond motifs is 1. The van der Waals surface area contributed by atoms with Crippen LogP contribution in [0.4, 0.5) is 10.6 Å². The van der Waals surface area contributed by atoms with E-state index in [4.69, 9.17) is 21.7 Å². The Kier molecular flexibility index (Phi) is 5.66. The molecular formula is C20H23ClN4O5. The summed E-state index contributed by atoms with van der Waals surface area (Å²) in [6.07, 6.45) is 2.30. The van der Waals surface area contributed by atoms with Crippen molar-refractivity contribution in [3.8, 4) is 5.75 Å². The average molecular weight is 435 g/mol.